The molecule has 3 nitrogen and oxygen atoms in total. The number of carbonyl (C=O) groups is 1. The van der Waals surface area contributed by atoms with Crippen molar-refractivity contribution < 1.29 is 9.28 Å². The van der Waals surface area contributed by atoms with E-state index in [4.69, 9.17) is 0 Å². The van der Waals surface area contributed by atoms with Crippen LogP contribution in [0.15, 0.2) is 24.3 Å². The van der Waals surface area contributed by atoms with Crippen molar-refractivity contribution in [3.05, 3.63) is 35.4 Å². The zero-order valence-corrected chi connectivity index (χ0v) is 15.9. The van der Waals surface area contributed by atoms with Crippen molar-refractivity contribution in [1.29, 1.82) is 0 Å². The molecule has 0 saturated carbocycles. The third-order valence-corrected chi connectivity index (χ3v) is 4.61. The van der Waals surface area contributed by atoms with Gasteiger partial charge in [-0.05, 0) is 37.3 Å². The minimum absolute atomic E-state index is 0.0863. The van der Waals surface area contributed by atoms with Crippen LogP contribution in [0.1, 0.15) is 51.2 Å². The molecule has 0 radical (unpaired) electrons. The van der Waals surface area contributed by atoms with E-state index in [0.29, 0.717) is 5.92 Å². The Labute approximate surface area is 142 Å². The topological polar surface area (TPSA) is 29.1 Å². The van der Waals surface area contributed by atoms with Crippen molar-refractivity contribution in [3.63, 3.8) is 0 Å². The first-order valence-corrected chi connectivity index (χ1v) is 8.93. The quantitative estimate of drug-likeness (QED) is 0.547. The second-order valence-corrected chi connectivity index (χ2v) is 7.68. The van der Waals surface area contributed by atoms with Gasteiger partial charge in [0.05, 0.1) is 33.1 Å². The molecule has 0 aliphatic carbocycles. The first-order valence-electron chi connectivity index (χ1n) is 8.93. The molecule has 1 N–H and O–H groups in total. The fourth-order valence-electron chi connectivity index (χ4n) is 2.60. The van der Waals surface area contributed by atoms with Crippen molar-refractivity contribution >= 4 is 5.91 Å². The minimum atomic E-state index is -0.0863. The normalized spacial score (nSPS) is 13.2. The van der Waals surface area contributed by atoms with Gasteiger partial charge in [-0.3, -0.25) is 4.79 Å². The monoisotopic (exact) mass is 319 g/mol. The number of nitrogens with zero attached hydrogens (tertiary/aromatic N) is 1. The Morgan fingerprint density at radius 1 is 1.13 bits per heavy atom. The predicted molar refractivity (Wildman–Crippen MR) is 98.5 cm³/mol. The van der Waals surface area contributed by atoms with Crippen molar-refractivity contribution in [2.24, 2.45) is 5.92 Å². The van der Waals surface area contributed by atoms with E-state index in [1.807, 2.05) is 6.92 Å². The SMILES string of the molecule is CC[N+](C)(C)CCCNC(=O)[C@H](C)c1ccc(CC(C)C)cc1. The number of hydrogen-bond acceptors (Lipinski definition) is 1. The zero-order valence-electron chi connectivity index (χ0n) is 15.9. The number of nitrogens with one attached hydrogen (secondary N) is 1. The lowest BCUT2D eigenvalue weighted by Crippen LogP contribution is -2.41. The largest absolute Gasteiger partial charge is 0.355 e. The summed E-state index contributed by atoms with van der Waals surface area (Å²) in [7, 11) is 4.45. The van der Waals surface area contributed by atoms with Gasteiger partial charge in [0.25, 0.3) is 0 Å². The number of hydrogen-bond donors (Lipinski definition) is 1. The molecule has 0 heterocycles. The third-order valence-electron chi connectivity index (χ3n) is 4.61. The van der Waals surface area contributed by atoms with Crippen LogP contribution in [0.5, 0.6) is 0 Å². The summed E-state index contributed by atoms with van der Waals surface area (Å²) >= 11 is 0. The van der Waals surface area contributed by atoms with Crippen LogP contribution < -0.4 is 5.32 Å². The van der Waals surface area contributed by atoms with Crippen LogP contribution in [0.2, 0.25) is 0 Å². The Hall–Kier alpha value is -1.35. The fourth-order valence-corrected chi connectivity index (χ4v) is 2.60. The van der Waals surface area contributed by atoms with Gasteiger partial charge in [-0.2, -0.15) is 0 Å². The maximum atomic E-state index is 12.3. The molecule has 0 aliphatic rings. The van der Waals surface area contributed by atoms with Gasteiger partial charge in [0, 0.05) is 13.0 Å². The summed E-state index contributed by atoms with van der Waals surface area (Å²) in [5, 5.41) is 3.08. The molecule has 0 fully saturated rings. The summed E-state index contributed by atoms with van der Waals surface area (Å²) in [4.78, 5) is 12.3. The Morgan fingerprint density at radius 3 is 2.26 bits per heavy atom. The summed E-state index contributed by atoms with van der Waals surface area (Å²) in [6.45, 7) is 11.6. The van der Waals surface area contributed by atoms with E-state index in [9.17, 15) is 4.79 Å². The number of rotatable bonds is 9. The molecule has 1 amide bonds. The lowest BCUT2D eigenvalue weighted by atomic mass is 9.96. The molecule has 0 aromatic heterocycles. The van der Waals surface area contributed by atoms with Crippen molar-refractivity contribution in [1.82, 2.24) is 5.32 Å². The average Bonchev–Trinajstić information content (AvgIpc) is 2.51. The highest BCUT2D eigenvalue weighted by atomic mass is 16.1. The van der Waals surface area contributed by atoms with Gasteiger partial charge in [-0.1, -0.05) is 38.1 Å². The van der Waals surface area contributed by atoms with E-state index >= 15 is 0 Å². The standard InChI is InChI=1S/C20H34N2O/c1-7-22(5,6)14-8-13-21-20(23)17(4)19-11-9-18(10-12-19)15-16(2)3/h9-12,16-17H,7-8,13-15H2,1-6H3/p+1/t17-/m1/s1. The maximum Gasteiger partial charge on any atom is 0.227 e. The van der Waals surface area contributed by atoms with Crippen LogP contribution in [-0.4, -0.2) is 44.1 Å². The first kappa shape index (κ1) is 19.7. The molecule has 0 spiro atoms. The Kier molecular flexibility index (Phi) is 7.77. The van der Waals surface area contributed by atoms with Gasteiger partial charge in [0.15, 0.2) is 0 Å². The summed E-state index contributed by atoms with van der Waals surface area (Å²) < 4.78 is 1.00. The van der Waals surface area contributed by atoms with E-state index in [1.165, 1.54) is 5.56 Å². The van der Waals surface area contributed by atoms with Crippen LogP contribution >= 0.6 is 0 Å². The van der Waals surface area contributed by atoms with Crippen LogP contribution in [0.4, 0.5) is 0 Å². The Bertz CT molecular complexity index is 477. The molecular weight excluding hydrogens is 284 g/mol. The lowest BCUT2D eigenvalue weighted by Gasteiger charge is -2.28. The lowest BCUT2D eigenvalue weighted by molar-refractivity contribution is -0.888. The minimum Gasteiger partial charge on any atom is -0.355 e. The van der Waals surface area contributed by atoms with E-state index in [0.717, 1.165) is 42.5 Å². The molecule has 0 saturated heterocycles. The molecule has 1 aromatic rings. The highest BCUT2D eigenvalue weighted by molar-refractivity contribution is 5.83. The average molecular weight is 320 g/mol. The fraction of sp³-hybridized carbons (Fsp3) is 0.650. The molecule has 0 unspecified atom stereocenters. The van der Waals surface area contributed by atoms with Crippen LogP contribution in [0.25, 0.3) is 0 Å². The molecule has 1 rings (SSSR count). The maximum absolute atomic E-state index is 12.3. The number of quaternary nitrogens is 1. The van der Waals surface area contributed by atoms with E-state index in [1.54, 1.807) is 0 Å². The highest BCUT2D eigenvalue weighted by Crippen LogP contribution is 2.17. The van der Waals surface area contributed by atoms with Crippen molar-refractivity contribution in [2.75, 3.05) is 33.7 Å². The third kappa shape index (κ3) is 7.17. The molecular formula is C20H35N2O+. The van der Waals surface area contributed by atoms with E-state index in [-0.39, 0.29) is 11.8 Å². The van der Waals surface area contributed by atoms with Gasteiger partial charge in [-0.25, -0.2) is 0 Å². The van der Waals surface area contributed by atoms with Crippen LogP contribution in [-0.2, 0) is 11.2 Å². The van der Waals surface area contributed by atoms with Gasteiger partial charge in [0.2, 0.25) is 5.91 Å². The van der Waals surface area contributed by atoms with Gasteiger partial charge < -0.3 is 9.80 Å². The molecule has 3 heteroatoms. The molecule has 0 bridgehead atoms. The predicted octanol–water partition coefficient (Wildman–Crippen LogP) is 3.59. The second-order valence-electron chi connectivity index (χ2n) is 7.68. The number of benzene rings is 1. The van der Waals surface area contributed by atoms with Crippen molar-refractivity contribution in [3.8, 4) is 0 Å². The zero-order chi connectivity index (χ0) is 17.5. The highest BCUT2D eigenvalue weighted by Gasteiger charge is 2.16. The van der Waals surface area contributed by atoms with Crippen molar-refractivity contribution in [2.45, 2.75) is 46.5 Å². The van der Waals surface area contributed by atoms with Crippen LogP contribution in [0, 0.1) is 5.92 Å². The molecule has 0 aliphatic heterocycles. The Morgan fingerprint density at radius 2 is 1.74 bits per heavy atom. The van der Waals surface area contributed by atoms with E-state index < -0.39 is 0 Å². The van der Waals surface area contributed by atoms with Gasteiger partial charge in [-0.15, -0.1) is 0 Å². The van der Waals surface area contributed by atoms with E-state index in [2.05, 4.69) is 64.4 Å². The summed E-state index contributed by atoms with van der Waals surface area (Å²) in [6, 6.07) is 8.50. The van der Waals surface area contributed by atoms with Crippen LogP contribution in [0.3, 0.4) is 0 Å². The molecule has 1 aromatic carbocycles. The summed E-state index contributed by atoms with van der Waals surface area (Å²) in [5.41, 5.74) is 2.44. The molecule has 130 valence electrons. The summed E-state index contributed by atoms with van der Waals surface area (Å²) in [6.07, 6.45) is 2.11. The first-order chi connectivity index (χ1) is 10.7. The Balaban J connectivity index is 2.44. The van der Waals surface area contributed by atoms with Gasteiger partial charge in [0.1, 0.15) is 0 Å². The smallest absolute Gasteiger partial charge is 0.227 e. The number of carbonyl (C=O) groups excluding carboxylic acids is 1. The molecule has 23 heavy (non-hydrogen) atoms. The van der Waals surface area contributed by atoms with Gasteiger partial charge >= 0.3 is 0 Å². The number of amides is 1. The summed E-state index contributed by atoms with van der Waals surface area (Å²) in [5.74, 6) is 0.701. The molecule has 1 atom stereocenters. The second kappa shape index (κ2) is 9.07.